The molecule has 0 unspecified atom stereocenters. The number of thiophene rings is 1. The lowest BCUT2D eigenvalue weighted by Gasteiger charge is -2.38. The van der Waals surface area contributed by atoms with Gasteiger partial charge in [-0.3, -0.25) is 4.99 Å². The number of hydrogen-bond donors (Lipinski definition) is 0. The molecule has 1 fully saturated rings. The smallest absolute Gasteiger partial charge is 0.276 e. The summed E-state index contributed by atoms with van der Waals surface area (Å²) in [5.41, 5.74) is 0.587. The van der Waals surface area contributed by atoms with Crippen LogP contribution < -0.4 is 4.90 Å². The molecule has 9 heteroatoms. The Morgan fingerprint density at radius 2 is 1.69 bits per heavy atom. The number of aliphatic imine (C=N–C) groups is 1. The van der Waals surface area contributed by atoms with Crippen molar-refractivity contribution in [1.82, 2.24) is 9.21 Å². The first-order valence-corrected chi connectivity index (χ1v) is 10.7. The number of guanidine groups is 1. The molecule has 138 valence electrons. The van der Waals surface area contributed by atoms with E-state index in [1.54, 1.807) is 29.6 Å². The first-order chi connectivity index (χ1) is 12.6. The first kappa shape index (κ1) is 17.3. The molecule has 2 aliphatic heterocycles. The molecule has 2 aliphatic rings. The van der Waals surface area contributed by atoms with Crippen LogP contribution in [0.3, 0.4) is 0 Å². The monoisotopic (exact) mass is 394 g/mol. The zero-order chi connectivity index (χ0) is 18.1. The fourth-order valence-corrected chi connectivity index (χ4v) is 5.83. The Labute approximate surface area is 156 Å². The lowest BCUT2D eigenvalue weighted by Crippen LogP contribution is -2.53. The van der Waals surface area contributed by atoms with Crippen LogP contribution in [0.15, 0.2) is 51.0 Å². The van der Waals surface area contributed by atoms with E-state index in [-0.39, 0.29) is 5.82 Å². The molecule has 6 nitrogen and oxygen atoms in total. The van der Waals surface area contributed by atoms with Crippen LogP contribution in [0, 0.1) is 5.82 Å². The topological polar surface area (TPSA) is 56.2 Å². The quantitative estimate of drug-likeness (QED) is 0.800. The molecule has 0 aliphatic carbocycles. The molecular weight excluding hydrogens is 375 g/mol. The SMILES string of the molecule is O=S(=O)(c1cccs1)N1CCN=C1N1CCN(c2ccccc2F)CC1. The lowest BCUT2D eigenvalue weighted by atomic mass is 10.2. The molecule has 0 bridgehead atoms. The Bertz CT molecular complexity index is 907. The maximum atomic E-state index is 14.0. The number of benzene rings is 1. The predicted octanol–water partition coefficient (Wildman–Crippen LogP) is 2.07. The van der Waals surface area contributed by atoms with Gasteiger partial charge in [0.1, 0.15) is 10.0 Å². The highest BCUT2D eigenvalue weighted by atomic mass is 32.2. The maximum absolute atomic E-state index is 14.0. The minimum Gasteiger partial charge on any atom is -0.366 e. The standard InChI is InChI=1S/C17H19FN4O2S2/c18-14-4-1-2-5-15(14)20-9-11-21(12-10-20)17-19-7-8-22(17)26(23,24)16-6-3-13-25-16/h1-6,13H,7-12H2. The van der Waals surface area contributed by atoms with Crippen molar-refractivity contribution in [2.75, 3.05) is 44.2 Å². The predicted molar refractivity (Wildman–Crippen MR) is 101 cm³/mol. The molecule has 3 heterocycles. The highest BCUT2D eigenvalue weighted by Gasteiger charge is 2.35. The number of nitrogens with zero attached hydrogens (tertiary/aromatic N) is 4. The second-order valence-electron chi connectivity index (χ2n) is 6.12. The van der Waals surface area contributed by atoms with Gasteiger partial charge in [0.15, 0.2) is 0 Å². The average Bonchev–Trinajstić information content (AvgIpc) is 3.35. The number of piperazine rings is 1. The zero-order valence-corrected chi connectivity index (χ0v) is 15.7. The van der Waals surface area contributed by atoms with Gasteiger partial charge in [0.05, 0.1) is 18.8 Å². The van der Waals surface area contributed by atoms with Gasteiger partial charge >= 0.3 is 0 Å². The largest absolute Gasteiger partial charge is 0.366 e. The van der Waals surface area contributed by atoms with Crippen molar-refractivity contribution < 1.29 is 12.8 Å². The third-order valence-electron chi connectivity index (χ3n) is 4.57. The Morgan fingerprint density at radius 3 is 2.38 bits per heavy atom. The van der Waals surface area contributed by atoms with Gasteiger partial charge in [-0.2, -0.15) is 0 Å². The molecule has 0 atom stereocenters. The molecule has 2 aromatic rings. The number of sulfonamides is 1. The summed E-state index contributed by atoms with van der Waals surface area (Å²) in [5, 5.41) is 1.76. The van der Waals surface area contributed by atoms with E-state index in [1.807, 2.05) is 15.9 Å². The maximum Gasteiger partial charge on any atom is 0.276 e. The van der Waals surface area contributed by atoms with Crippen LogP contribution in [0.1, 0.15) is 0 Å². The summed E-state index contributed by atoms with van der Waals surface area (Å²) in [5.74, 6) is 0.271. The molecule has 0 saturated carbocycles. The minimum atomic E-state index is -3.56. The van der Waals surface area contributed by atoms with Crippen LogP contribution in [0.25, 0.3) is 0 Å². The van der Waals surface area contributed by atoms with Gasteiger partial charge in [-0.05, 0) is 23.6 Å². The number of anilines is 1. The van der Waals surface area contributed by atoms with Gasteiger partial charge in [0.2, 0.25) is 5.96 Å². The van der Waals surface area contributed by atoms with Crippen LogP contribution in [0.4, 0.5) is 10.1 Å². The van der Waals surface area contributed by atoms with E-state index in [2.05, 4.69) is 4.99 Å². The van der Waals surface area contributed by atoms with Gasteiger partial charge in [0, 0.05) is 26.2 Å². The molecule has 0 N–H and O–H groups in total. The molecule has 0 spiro atoms. The zero-order valence-electron chi connectivity index (χ0n) is 14.1. The van der Waals surface area contributed by atoms with Crippen molar-refractivity contribution in [3.63, 3.8) is 0 Å². The van der Waals surface area contributed by atoms with Crippen molar-refractivity contribution >= 4 is 33.0 Å². The van der Waals surface area contributed by atoms with E-state index in [0.29, 0.717) is 55.1 Å². The summed E-state index contributed by atoms with van der Waals surface area (Å²) in [6.07, 6.45) is 0. The van der Waals surface area contributed by atoms with Gasteiger partial charge in [-0.25, -0.2) is 17.1 Å². The van der Waals surface area contributed by atoms with Gasteiger partial charge < -0.3 is 9.80 Å². The van der Waals surface area contributed by atoms with Crippen molar-refractivity contribution in [2.24, 2.45) is 4.99 Å². The molecule has 26 heavy (non-hydrogen) atoms. The van der Waals surface area contributed by atoms with Crippen LogP contribution in [0.5, 0.6) is 0 Å². The Morgan fingerprint density at radius 1 is 0.962 bits per heavy atom. The third-order valence-corrected chi connectivity index (χ3v) is 7.73. The van der Waals surface area contributed by atoms with E-state index in [0.717, 1.165) is 0 Å². The normalized spacial score (nSPS) is 18.3. The third kappa shape index (κ3) is 3.05. The van der Waals surface area contributed by atoms with E-state index in [1.165, 1.54) is 21.7 Å². The fraction of sp³-hybridized carbons (Fsp3) is 0.353. The van der Waals surface area contributed by atoms with Gasteiger partial charge in [-0.15, -0.1) is 11.3 Å². The van der Waals surface area contributed by atoms with Crippen LogP contribution >= 0.6 is 11.3 Å². The summed E-state index contributed by atoms with van der Waals surface area (Å²) in [6, 6.07) is 10.1. The molecule has 1 saturated heterocycles. The summed E-state index contributed by atoms with van der Waals surface area (Å²) in [4.78, 5) is 8.40. The highest BCUT2D eigenvalue weighted by molar-refractivity contribution is 7.91. The molecule has 1 aromatic carbocycles. The average molecular weight is 394 g/mol. The minimum absolute atomic E-state index is 0.235. The van der Waals surface area contributed by atoms with Crippen molar-refractivity contribution in [1.29, 1.82) is 0 Å². The summed E-state index contributed by atoms with van der Waals surface area (Å²) in [7, 11) is -3.56. The van der Waals surface area contributed by atoms with E-state index in [9.17, 15) is 12.8 Å². The molecule has 1 aromatic heterocycles. The summed E-state index contributed by atoms with van der Waals surface area (Å²) >= 11 is 1.21. The van der Waals surface area contributed by atoms with Crippen molar-refractivity contribution in [2.45, 2.75) is 4.21 Å². The number of para-hydroxylation sites is 1. The number of rotatable bonds is 3. The fourth-order valence-electron chi connectivity index (χ4n) is 3.28. The lowest BCUT2D eigenvalue weighted by molar-refractivity contribution is 0.357. The Balaban J connectivity index is 1.48. The molecular formula is C17H19FN4O2S2. The molecule has 0 amide bonds. The van der Waals surface area contributed by atoms with E-state index < -0.39 is 10.0 Å². The highest BCUT2D eigenvalue weighted by Crippen LogP contribution is 2.25. The summed E-state index contributed by atoms with van der Waals surface area (Å²) < 4.78 is 41.4. The van der Waals surface area contributed by atoms with Gasteiger partial charge in [-0.1, -0.05) is 18.2 Å². The summed E-state index contributed by atoms with van der Waals surface area (Å²) in [6.45, 7) is 3.27. The first-order valence-electron chi connectivity index (χ1n) is 8.42. The molecule has 4 rings (SSSR count). The van der Waals surface area contributed by atoms with Crippen molar-refractivity contribution in [3.05, 3.63) is 47.6 Å². The van der Waals surface area contributed by atoms with Crippen LogP contribution in [-0.2, 0) is 10.0 Å². The van der Waals surface area contributed by atoms with E-state index >= 15 is 0 Å². The van der Waals surface area contributed by atoms with Crippen molar-refractivity contribution in [3.8, 4) is 0 Å². The van der Waals surface area contributed by atoms with E-state index in [4.69, 9.17) is 0 Å². The Kier molecular flexibility index (Phi) is 4.58. The number of hydrogen-bond acceptors (Lipinski definition) is 6. The van der Waals surface area contributed by atoms with Crippen LogP contribution in [0.2, 0.25) is 0 Å². The second kappa shape index (κ2) is 6.88. The Hall–Kier alpha value is -2.13. The second-order valence-corrected chi connectivity index (χ2v) is 9.15. The molecule has 0 radical (unpaired) electrons. The van der Waals surface area contributed by atoms with Gasteiger partial charge in [0.25, 0.3) is 10.0 Å². The number of halogens is 1. The van der Waals surface area contributed by atoms with Crippen LogP contribution in [-0.4, -0.2) is 62.9 Å².